The summed E-state index contributed by atoms with van der Waals surface area (Å²) in [5.41, 5.74) is 6.95. The molecule has 1 amide bonds. The molecule has 0 bridgehead atoms. The number of aryl methyl sites for hydroxylation is 1. The first kappa shape index (κ1) is 30.1. The molecule has 1 heterocycles. The molecule has 4 aromatic rings. The highest BCUT2D eigenvalue weighted by Crippen LogP contribution is 2.27. The maximum absolute atomic E-state index is 13.0. The molecule has 202 valence electrons. The van der Waals surface area contributed by atoms with Gasteiger partial charge in [0.1, 0.15) is 6.54 Å². The number of thioether (sulfide) groups is 1. The molecule has 3 N–H and O–H groups in total. The van der Waals surface area contributed by atoms with Crippen LogP contribution in [0.5, 0.6) is 0 Å². The Bertz CT molecular complexity index is 1510. The van der Waals surface area contributed by atoms with Gasteiger partial charge in [0.05, 0.1) is 15.4 Å². The number of hydrogen-bond donors (Lipinski definition) is 2. The minimum absolute atomic E-state index is 0. The summed E-state index contributed by atoms with van der Waals surface area (Å²) in [5.74, 6) is -0.379. The molecule has 10 heteroatoms. The summed E-state index contributed by atoms with van der Waals surface area (Å²) in [7, 11) is -3.71. The van der Waals surface area contributed by atoms with Crippen molar-refractivity contribution in [3.63, 3.8) is 0 Å². The highest BCUT2D eigenvalue weighted by Gasteiger charge is 2.18. The third-order valence-electron chi connectivity index (χ3n) is 5.79. The van der Waals surface area contributed by atoms with Gasteiger partial charge in [-0.05, 0) is 67.1 Å². The number of carbonyl (C=O) groups is 2. The first-order chi connectivity index (χ1) is 18.3. The fourth-order valence-electron chi connectivity index (χ4n) is 3.76. The molecule has 0 atom stereocenters. The van der Waals surface area contributed by atoms with Crippen molar-refractivity contribution in [1.29, 1.82) is 0 Å². The molecule has 4 rings (SSSR count). The van der Waals surface area contributed by atoms with Crippen molar-refractivity contribution < 1.29 is 39.6 Å². The largest absolute Gasteiger partial charge is 1.00 e. The Labute approximate surface area is 243 Å². The number of pyridine rings is 1. The Balaban J connectivity index is 0.00000420. The van der Waals surface area contributed by atoms with Crippen LogP contribution in [-0.4, -0.2) is 19.4 Å². The average molecular weight is 627 g/mol. The molecule has 0 saturated heterocycles. The van der Waals surface area contributed by atoms with Gasteiger partial charge in [-0.15, -0.1) is 0 Å². The van der Waals surface area contributed by atoms with E-state index in [1.54, 1.807) is 24.3 Å². The van der Waals surface area contributed by atoms with Crippen LogP contribution in [-0.2, 0) is 21.2 Å². The normalized spacial score (nSPS) is 10.9. The number of amides is 1. The van der Waals surface area contributed by atoms with E-state index in [0.29, 0.717) is 28.3 Å². The SMILES string of the molecule is Nc1ccc(S(=O)(=O)c2ccc(NC(=O)c3ccccc3SC(=O)CCCC[n+]3ccccc3)cc2)cc1.[Br-]. The molecule has 0 spiro atoms. The number of nitrogen functional groups attached to an aromatic ring is 1. The third kappa shape index (κ3) is 8.26. The predicted octanol–water partition coefficient (Wildman–Crippen LogP) is 2.13. The zero-order valence-electron chi connectivity index (χ0n) is 21.0. The molecule has 3 aromatic carbocycles. The second-order valence-electron chi connectivity index (χ2n) is 8.59. The third-order valence-corrected chi connectivity index (χ3v) is 8.59. The van der Waals surface area contributed by atoms with Crippen molar-refractivity contribution in [3.05, 3.63) is 109 Å². The number of anilines is 2. The number of hydrogen-bond acceptors (Lipinski definition) is 6. The average Bonchev–Trinajstić information content (AvgIpc) is 2.92. The summed E-state index contributed by atoms with van der Waals surface area (Å²) >= 11 is 1.07. The van der Waals surface area contributed by atoms with Crippen LogP contribution in [0.1, 0.15) is 29.6 Å². The topological polar surface area (TPSA) is 110 Å². The van der Waals surface area contributed by atoms with E-state index in [4.69, 9.17) is 5.73 Å². The summed E-state index contributed by atoms with van der Waals surface area (Å²) < 4.78 is 27.8. The van der Waals surface area contributed by atoms with Gasteiger partial charge in [0.15, 0.2) is 17.5 Å². The molecular weight excluding hydrogens is 598 g/mol. The molecule has 0 saturated carbocycles. The summed E-state index contributed by atoms with van der Waals surface area (Å²) in [6.45, 7) is 0.845. The molecule has 0 aliphatic carbocycles. The van der Waals surface area contributed by atoms with Gasteiger partial charge in [0.25, 0.3) is 5.91 Å². The Morgan fingerprint density at radius 3 is 2.08 bits per heavy atom. The lowest BCUT2D eigenvalue weighted by atomic mass is 10.2. The minimum atomic E-state index is -3.71. The zero-order valence-corrected chi connectivity index (χ0v) is 24.2. The van der Waals surface area contributed by atoms with Crippen molar-refractivity contribution in [1.82, 2.24) is 0 Å². The quantitative estimate of drug-likeness (QED) is 0.121. The second-order valence-corrected chi connectivity index (χ2v) is 11.6. The van der Waals surface area contributed by atoms with Gasteiger partial charge in [-0.2, -0.15) is 0 Å². The van der Waals surface area contributed by atoms with Crippen LogP contribution in [0.15, 0.2) is 118 Å². The van der Waals surface area contributed by atoms with Crippen LogP contribution in [0.25, 0.3) is 0 Å². The van der Waals surface area contributed by atoms with Crippen LogP contribution >= 0.6 is 11.8 Å². The Morgan fingerprint density at radius 1 is 0.795 bits per heavy atom. The van der Waals surface area contributed by atoms with Crippen LogP contribution in [0.4, 0.5) is 11.4 Å². The number of nitrogens with zero attached hydrogens (tertiary/aromatic N) is 1. The maximum atomic E-state index is 13.0. The van der Waals surface area contributed by atoms with Crippen molar-refractivity contribution in [2.75, 3.05) is 11.1 Å². The number of carbonyl (C=O) groups excluding carboxylic acids is 2. The number of aromatic nitrogens is 1. The lowest BCUT2D eigenvalue weighted by Gasteiger charge is -2.10. The molecule has 1 aromatic heterocycles. The van der Waals surface area contributed by atoms with Crippen LogP contribution in [0.2, 0.25) is 0 Å². The smallest absolute Gasteiger partial charge is 0.256 e. The predicted molar refractivity (Wildman–Crippen MR) is 148 cm³/mol. The van der Waals surface area contributed by atoms with Crippen LogP contribution < -0.4 is 32.6 Å². The first-order valence-corrected chi connectivity index (χ1v) is 14.4. The van der Waals surface area contributed by atoms with E-state index in [9.17, 15) is 18.0 Å². The lowest BCUT2D eigenvalue weighted by Crippen LogP contribution is -3.00. The Kier molecular flexibility index (Phi) is 10.8. The van der Waals surface area contributed by atoms with Gasteiger partial charge in [0.2, 0.25) is 9.84 Å². The molecule has 0 radical (unpaired) electrons. The van der Waals surface area contributed by atoms with Crippen molar-refractivity contribution in [2.24, 2.45) is 0 Å². The van der Waals surface area contributed by atoms with E-state index in [1.165, 1.54) is 48.5 Å². The molecule has 7 nitrogen and oxygen atoms in total. The van der Waals surface area contributed by atoms with E-state index in [1.807, 2.05) is 30.6 Å². The van der Waals surface area contributed by atoms with Crippen LogP contribution in [0, 0.1) is 0 Å². The van der Waals surface area contributed by atoms with Gasteiger partial charge in [-0.1, -0.05) is 30.0 Å². The molecule has 0 aliphatic heterocycles. The summed E-state index contributed by atoms with van der Waals surface area (Å²) in [4.78, 5) is 26.4. The minimum Gasteiger partial charge on any atom is -1.00 e. The van der Waals surface area contributed by atoms with E-state index in [-0.39, 0.29) is 37.8 Å². The van der Waals surface area contributed by atoms with E-state index < -0.39 is 9.84 Å². The zero-order chi connectivity index (χ0) is 27.0. The van der Waals surface area contributed by atoms with Crippen LogP contribution in [0.3, 0.4) is 0 Å². The number of benzene rings is 3. The van der Waals surface area contributed by atoms with Gasteiger partial charge >= 0.3 is 0 Å². The number of nitrogens with one attached hydrogen (secondary N) is 1. The number of sulfone groups is 1. The molecular formula is C29H28BrN3O4S2. The summed E-state index contributed by atoms with van der Waals surface area (Å²) in [6, 6.07) is 24.8. The highest BCUT2D eigenvalue weighted by molar-refractivity contribution is 8.13. The number of rotatable bonds is 10. The van der Waals surface area contributed by atoms with Gasteiger partial charge in [-0.25, -0.2) is 13.0 Å². The highest BCUT2D eigenvalue weighted by atomic mass is 79.9. The van der Waals surface area contributed by atoms with Crippen molar-refractivity contribution >= 4 is 44.0 Å². The molecule has 0 fully saturated rings. The molecule has 0 aliphatic rings. The molecule has 39 heavy (non-hydrogen) atoms. The summed E-state index contributed by atoms with van der Waals surface area (Å²) in [5, 5.41) is 2.79. The number of nitrogens with two attached hydrogens (primary N) is 1. The number of unbranched alkanes of at least 4 members (excludes halogenated alkanes) is 1. The maximum Gasteiger partial charge on any atom is 0.256 e. The van der Waals surface area contributed by atoms with E-state index >= 15 is 0 Å². The Hall–Kier alpha value is -3.47. The standard InChI is InChI=1S/C29H27N3O4S2.BrH/c30-22-11-15-24(16-12-22)38(35,36)25-17-13-23(14-18-25)31-29(34)26-8-2-3-9-27(26)37-28(33)10-4-7-21-32-19-5-1-6-20-32;/h1-3,5-6,8-9,11-20H,4,7,10,21,30H2;1H. The molecule has 0 unspecified atom stereocenters. The van der Waals surface area contributed by atoms with E-state index in [2.05, 4.69) is 9.88 Å². The van der Waals surface area contributed by atoms with Gasteiger partial charge in [-0.3, -0.25) is 9.59 Å². The Morgan fingerprint density at radius 2 is 1.41 bits per heavy atom. The lowest BCUT2D eigenvalue weighted by molar-refractivity contribution is -0.697. The number of halogens is 1. The van der Waals surface area contributed by atoms with Gasteiger partial charge < -0.3 is 28.0 Å². The van der Waals surface area contributed by atoms with Gasteiger partial charge in [0, 0.05) is 41.2 Å². The fourth-order valence-corrected chi connectivity index (χ4v) is 5.93. The first-order valence-electron chi connectivity index (χ1n) is 12.1. The monoisotopic (exact) mass is 625 g/mol. The van der Waals surface area contributed by atoms with Crippen molar-refractivity contribution in [2.45, 2.75) is 40.5 Å². The second kappa shape index (κ2) is 14.1. The van der Waals surface area contributed by atoms with Crippen molar-refractivity contribution in [3.8, 4) is 0 Å². The van der Waals surface area contributed by atoms with E-state index in [0.717, 1.165) is 31.1 Å². The summed E-state index contributed by atoms with van der Waals surface area (Å²) in [6.07, 6.45) is 6.05. The fraction of sp³-hybridized carbons (Fsp3) is 0.138.